The van der Waals surface area contributed by atoms with Gasteiger partial charge in [0.15, 0.2) is 5.69 Å². The summed E-state index contributed by atoms with van der Waals surface area (Å²) >= 11 is 0. The second-order valence-electron chi connectivity index (χ2n) is 9.16. The summed E-state index contributed by atoms with van der Waals surface area (Å²) in [6.45, 7) is 30.1. The maximum Gasteiger partial charge on any atom is 0.270 e. The zero-order valence-corrected chi connectivity index (χ0v) is 22.4. The standard InChI is InChI=1S/C33H5F4N9/c1-42-21-9-19(34)15(8-20(21)35)30-29(24(13-41)44-3)17-7-16-27(32(37)31(17)33(30)45-4)18(10-38)26(28(16)23(12-40)43-2)14-5-6-25(36)46-22(14)11-39/h5-9H/b28-23+,29-24-. The number of benzene rings is 2. The Bertz CT molecular complexity index is 2460. The fourth-order valence-corrected chi connectivity index (χ4v) is 5.34. The molecule has 0 atom stereocenters. The molecule has 0 bridgehead atoms. The van der Waals surface area contributed by atoms with E-state index in [-0.39, 0.29) is 27.8 Å². The van der Waals surface area contributed by atoms with Gasteiger partial charge in [-0.1, -0.05) is 0 Å². The molecule has 2 aliphatic rings. The van der Waals surface area contributed by atoms with Gasteiger partial charge in [-0.2, -0.15) is 14.9 Å². The molecule has 1 heterocycles. The van der Waals surface area contributed by atoms with Crippen molar-refractivity contribution in [2.45, 2.75) is 0 Å². The van der Waals surface area contributed by atoms with Gasteiger partial charge in [-0.3, -0.25) is 0 Å². The van der Waals surface area contributed by atoms with Crippen LogP contribution < -0.4 is 0 Å². The number of aromatic nitrogens is 1. The topological polar surface area (TPSA) is 125 Å². The molecular formula is C33H5F4N9. The smallest absolute Gasteiger partial charge is 0.237 e. The molecule has 0 N–H and O–H groups in total. The van der Waals surface area contributed by atoms with Crippen molar-refractivity contribution < 1.29 is 17.6 Å². The van der Waals surface area contributed by atoms with Gasteiger partial charge in [0.05, 0.1) is 44.0 Å². The lowest BCUT2D eigenvalue weighted by molar-refractivity contribution is 0.582. The van der Waals surface area contributed by atoms with Crippen LogP contribution in [0.2, 0.25) is 0 Å². The maximum atomic E-state index is 16.9. The molecule has 3 aromatic rings. The van der Waals surface area contributed by atoms with E-state index in [1.807, 2.05) is 0 Å². The lowest BCUT2D eigenvalue weighted by Gasteiger charge is -2.14. The van der Waals surface area contributed by atoms with E-state index in [0.717, 1.165) is 18.2 Å². The molecule has 210 valence electrons. The number of hydrogen-bond acceptors (Lipinski definition) is 5. The molecule has 0 unspecified atom stereocenters. The fourth-order valence-electron chi connectivity index (χ4n) is 5.34. The summed E-state index contributed by atoms with van der Waals surface area (Å²) in [6.07, 6.45) is 0. The lowest BCUT2D eigenvalue weighted by Crippen LogP contribution is -2.00. The molecule has 5 rings (SSSR count). The third-order valence-electron chi connectivity index (χ3n) is 7.07. The zero-order valence-electron chi connectivity index (χ0n) is 22.4. The monoisotopic (exact) mass is 603 g/mol. The summed E-state index contributed by atoms with van der Waals surface area (Å²) in [5.74, 6) is -4.81. The highest BCUT2D eigenvalue weighted by atomic mass is 19.1. The number of nitriles is 4. The number of fused-ring (bicyclic) bond motifs is 2. The Morgan fingerprint density at radius 2 is 1.30 bits per heavy atom. The number of nitrogens with zero attached hydrogens (tertiary/aromatic N) is 9. The summed E-state index contributed by atoms with van der Waals surface area (Å²) < 4.78 is 61.0. The third kappa shape index (κ3) is 4.05. The van der Waals surface area contributed by atoms with Gasteiger partial charge >= 0.3 is 0 Å². The number of allylic oxidation sites excluding steroid dienone is 7. The van der Waals surface area contributed by atoms with Gasteiger partial charge in [0.2, 0.25) is 17.3 Å². The van der Waals surface area contributed by atoms with Crippen LogP contribution in [0.15, 0.2) is 41.7 Å². The van der Waals surface area contributed by atoms with Crippen LogP contribution in [0.3, 0.4) is 0 Å². The Morgan fingerprint density at radius 1 is 0.674 bits per heavy atom. The van der Waals surface area contributed by atoms with Gasteiger partial charge in [-0.05, 0) is 52.6 Å². The molecule has 0 amide bonds. The van der Waals surface area contributed by atoms with Gasteiger partial charge in [-0.25, -0.2) is 48.1 Å². The Morgan fingerprint density at radius 3 is 1.85 bits per heavy atom. The van der Waals surface area contributed by atoms with Crippen molar-refractivity contribution in [3.05, 3.63) is 150 Å². The largest absolute Gasteiger partial charge is 0.270 e. The molecule has 0 spiro atoms. The summed E-state index contributed by atoms with van der Waals surface area (Å²) in [7, 11) is 0. The van der Waals surface area contributed by atoms with Crippen molar-refractivity contribution in [2.24, 2.45) is 0 Å². The lowest BCUT2D eigenvalue weighted by atomic mass is 9.90. The highest BCUT2D eigenvalue weighted by Gasteiger charge is 2.41. The first-order valence-corrected chi connectivity index (χ1v) is 12.3. The van der Waals surface area contributed by atoms with E-state index in [2.05, 4.69) is 24.4 Å². The summed E-state index contributed by atoms with van der Waals surface area (Å²) in [5.41, 5.74) is -8.32. The fraction of sp³-hybridized carbons (Fsp3) is 0. The van der Waals surface area contributed by atoms with E-state index in [0.29, 0.717) is 12.1 Å². The van der Waals surface area contributed by atoms with Crippen molar-refractivity contribution in [2.75, 3.05) is 0 Å². The molecule has 0 radical (unpaired) electrons. The van der Waals surface area contributed by atoms with Gasteiger partial charge in [0, 0.05) is 33.4 Å². The van der Waals surface area contributed by atoms with Crippen molar-refractivity contribution >= 4 is 39.2 Å². The van der Waals surface area contributed by atoms with Crippen LogP contribution in [-0.4, -0.2) is 4.98 Å². The minimum Gasteiger partial charge on any atom is -0.237 e. The highest BCUT2D eigenvalue weighted by molar-refractivity contribution is 6.29. The summed E-state index contributed by atoms with van der Waals surface area (Å²) in [6, 6.07) is 10.8. The normalized spacial score (nSPS) is 14.7. The van der Waals surface area contributed by atoms with Crippen molar-refractivity contribution in [1.29, 1.82) is 21.0 Å². The minimum absolute atomic E-state index is 0.226. The van der Waals surface area contributed by atoms with Crippen molar-refractivity contribution in [1.82, 2.24) is 4.98 Å². The first-order valence-electron chi connectivity index (χ1n) is 12.3. The van der Waals surface area contributed by atoms with Crippen LogP contribution >= 0.6 is 0 Å². The summed E-state index contributed by atoms with van der Waals surface area (Å²) in [4.78, 5) is 16.0. The van der Waals surface area contributed by atoms with E-state index in [1.165, 1.54) is 0 Å². The van der Waals surface area contributed by atoms with E-state index in [4.69, 9.17) is 26.3 Å². The Hall–Kier alpha value is -7.81. The maximum absolute atomic E-state index is 16.9. The molecule has 0 saturated heterocycles. The highest BCUT2D eigenvalue weighted by Crippen LogP contribution is 2.56. The van der Waals surface area contributed by atoms with Gasteiger partial charge in [0.1, 0.15) is 29.6 Å². The van der Waals surface area contributed by atoms with E-state index < -0.39 is 85.3 Å². The predicted molar refractivity (Wildman–Crippen MR) is 152 cm³/mol. The quantitative estimate of drug-likeness (QED) is 0.129. The molecule has 9 nitrogen and oxygen atoms in total. The average Bonchev–Trinajstić information content (AvgIpc) is 3.56. The summed E-state index contributed by atoms with van der Waals surface area (Å²) in [5, 5.41) is 39.6. The molecular weight excluding hydrogens is 598 g/mol. The molecule has 1 aromatic heterocycles. The molecule has 2 aromatic carbocycles. The Labute approximate surface area is 256 Å². The van der Waals surface area contributed by atoms with E-state index in [9.17, 15) is 29.8 Å². The predicted octanol–water partition coefficient (Wildman–Crippen LogP) is 7.62. The second-order valence-corrected chi connectivity index (χ2v) is 9.16. The van der Waals surface area contributed by atoms with Crippen LogP contribution in [0.25, 0.3) is 52.9 Å². The van der Waals surface area contributed by atoms with Gasteiger partial charge in [0.25, 0.3) is 11.4 Å². The minimum atomic E-state index is -1.31. The molecule has 2 aliphatic carbocycles. The second kappa shape index (κ2) is 11.1. The van der Waals surface area contributed by atoms with E-state index in [1.54, 1.807) is 24.3 Å². The van der Waals surface area contributed by atoms with Gasteiger partial charge in [-0.15, -0.1) is 0 Å². The molecule has 0 saturated carbocycles. The number of pyridine rings is 1. The molecule has 0 aliphatic heterocycles. The van der Waals surface area contributed by atoms with E-state index >= 15 is 8.78 Å². The van der Waals surface area contributed by atoms with Crippen molar-refractivity contribution in [3.8, 4) is 24.3 Å². The number of hydrogen-bond donors (Lipinski definition) is 0. The molecule has 13 heteroatoms. The van der Waals surface area contributed by atoms with Crippen LogP contribution in [0, 0.1) is 95.0 Å². The van der Waals surface area contributed by atoms with Crippen LogP contribution in [0.1, 0.15) is 39.1 Å². The first-order chi connectivity index (χ1) is 22.1. The first kappa shape index (κ1) is 29.7. The average molecular weight is 603 g/mol. The molecule has 46 heavy (non-hydrogen) atoms. The SMILES string of the molecule is [C-]#[N+]C1=C(c2cc(F)c([N+]#[C-])cc2F)/C(=C(/C#N)[N+]#[C-])c2cc3c(c(F)c21)C(C#N)=C(c1ccc(F)nc1C#N)/C3=C(\C#N)[N+]#[C-]. The van der Waals surface area contributed by atoms with Crippen LogP contribution in [0.5, 0.6) is 0 Å². The van der Waals surface area contributed by atoms with Gasteiger partial charge < -0.3 is 0 Å². The number of halogens is 4. The molecule has 0 fully saturated rings. The van der Waals surface area contributed by atoms with Crippen molar-refractivity contribution in [3.63, 3.8) is 0 Å². The number of rotatable bonds is 2. The zero-order chi connectivity index (χ0) is 33.4. The van der Waals surface area contributed by atoms with Crippen LogP contribution in [0.4, 0.5) is 23.2 Å². The Kier molecular flexibility index (Phi) is 7.17. The third-order valence-corrected chi connectivity index (χ3v) is 7.07. The Balaban J connectivity index is 2.02. The van der Waals surface area contributed by atoms with Crippen LogP contribution in [-0.2, 0) is 0 Å².